The molecule has 9 aromatic rings. The maximum absolute atomic E-state index is 13.0. The molecular weight excluding hydrogens is 1640 g/mol. The quantitative estimate of drug-likeness (QED) is 0.0298. The van der Waals surface area contributed by atoms with Crippen molar-refractivity contribution in [2.24, 2.45) is 0 Å². The molecular formula is C65H91N24O27P3. The van der Waals surface area contributed by atoms with E-state index in [1.165, 1.54) is 49.6 Å². The van der Waals surface area contributed by atoms with Gasteiger partial charge in [-0.1, -0.05) is 20.8 Å². The Balaban J connectivity index is 0.000000155. The van der Waals surface area contributed by atoms with E-state index in [1.54, 1.807) is 41.4 Å². The molecule has 0 saturated carbocycles. The summed E-state index contributed by atoms with van der Waals surface area (Å²) in [7, 11) is -12.3. The third-order valence-corrected chi connectivity index (χ3v) is 23.2. The van der Waals surface area contributed by atoms with Gasteiger partial charge in [0.15, 0.2) is 33.5 Å². The zero-order valence-corrected chi connectivity index (χ0v) is 68.2. The average Bonchev–Trinajstić information content (AvgIpc) is 1.64. The summed E-state index contributed by atoms with van der Waals surface area (Å²) in [6.45, 7) is 13.8. The molecule has 119 heavy (non-hydrogen) atoms. The Hall–Kier alpha value is -9.15. The maximum atomic E-state index is 13.0. The number of nitrogens with two attached hydrogens (primary N) is 3. The number of phosphoric acid groups is 3. The Morgan fingerprint density at radius 3 is 0.908 bits per heavy atom. The molecule has 648 valence electrons. The number of aromatic amines is 3. The number of nitrogens with one attached hydrogen (secondary N) is 3. The van der Waals surface area contributed by atoms with Crippen molar-refractivity contribution in [3.8, 4) is 0 Å². The fraction of sp³-hybridized carbons (Fsp3) is 0.631. The first-order valence-corrected chi connectivity index (χ1v) is 42.3. The molecule has 6 aliphatic rings. The Morgan fingerprint density at radius 2 is 0.639 bits per heavy atom. The van der Waals surface area contributed by atoms with Crippen molar-refractivity contribution in [1.29, 1.82) is 0 Å². The van der Waals surface area contributed by atoms with Gasteiger partial charge in [0.25, 0.3) is 16.7 Å². The first-order valence-electron chi connectivity index (χ1n) is 37.8. The Bertz CT molecular complexity index is 5630. The van der Waals surface area contributed by atoms with Crippen LogP contribution in [0.15, 0.2) is 66.7 Å². The molecule has 9 unspecified atom stereocenters. The summed E-state index contributed by atoms with van der Waals surface area (Å²) >= 11 is 0. The van der Waals surface area contributed by atoms with Crippen molar-refractivity contribution in [1.82, 2.24) is 102 Å². The fourth-order valence-electron chi connectivity index (χ4n) is 14.6. The van der Waals surface area contributed by atoms with Crippen LogP contribution in [0.1, 0.15) is 147 Å². The van der Waals surface area contributed by atoms with Crippen LogP contribution in [0.25, 0.3) is 33.5 Å². The average molecular weight is 1730 g/mol. The van der Waals surface area contributed by atoms with Gasteiger partial charge in [-0.25, -0.2) is 72.9 Å². The van der Waals surface area contributed by atoms with Crippen LogP contribution in [0.3, 0.4) is 0 Å². The number of hydrogen-bond donors (Lipinski definition) is 9. The van der Waals surface area contributed by atoms with E-state index in [1.807, 2.05) is 27.7 Å². The third kappa shape index (κ3) is 20.2. The van der Waals surface area contributed by atoms with Crippen LogP contribution in [-0.2, 0) is 83.5 Å². The van der Waals surface area contributed by atoms with Crippen molar-refractivity contribution in [3.05, 3.63) is 118 Å². The second-order valence-corrected chi connectivity index (χ2v) is 32.3. The van der Waals surface area contributed by atoms with E-state index in [2.05, 4.69) is 74.8 Å². The van der Waals surface area contributed by atoms with E-state index in [-0.39, 0.29) is 103 Å². The number of fused-ring (bicyclic) bond motifs is 3. The fourth-order valence-corrected chi connectivity index (χ4v) is 17.5. The smallest absolute Gasteiger partial charge is 0.378 e. The van der Waals surface area contributed by atoms with Gasteiger partial charge in [-0.15, -0.1) is 0 Å². The summed E-state index contributed by atoms with van der Waals surface area (Å²) in [6, 6.07) is 0. The highest BCUT2D eigenvalue weighted by molar-refractivity contribution is 7.48. The molecule has 6 aliphatic heterocycles. The van der Waals surface area contributed by atoms with E-state index < -0.39 is 151 Å². The van der Waals surface area contributed by atoms with Crippen molar-refractivity contribution in [3.63, 3.8) is 0 Å². The van der Waals surface area contributed by atoms with Crippen LogP contribution in [0.5, 0.6) is 0 Å². The molecule has 9 aromatic heterocycles. The van der Waals surface area contributed by atoms with Gasteiger partial charge in [0.1, 0.15) is 92.1 Å². The lowest BCUT2D eigenvalue weighted by atomic mass is 10.1. The predicted molar refractivity (Wildman–Crippen MR) is 406 cm³/mol. The molecule has 12 N–H and O–H groups in total. The summed E-state index contributed by atoms with van der Waals surface area (Å²) in [5.41, 5.74) is 14.8. The molecule has 0 spiro atoms. The minimum atomic E-state index is -4.59. The lowest BCUT2D eigenvalue weighted by Crippen LogP contribution is -2.30. The summed E-state index contributed by atoms with van der Waals surface area (Å²) in [5, 5.41) is 0. The molecule has 0 aliphatic carbocycles. The van der Waals surface area contributed by atoms with Gasteiger partial charge in [-0.2, -0.15) is 15.0 Å². The number of aromatic nitrogens is 21. The highest BCUT2D eigenvalue weighted by atomic mass is 31.2. The third-order valence-electron chi connectivity index (χ3n) is 20.1. The number of anilines is 3. The first kappa shape index (κ1) is 87.7. The summed E-state index contributed by atoms with van der Waals surface area (Å²) in [4.78, 5) is 160. The van der Waals surface area contributed by atoms with Crippen LogP contribution >= 0.6 is 23.5 Å². The number of imidazole rings is 3. The van der Waals surface area contributed by atoms with Gasteiger partial charge in [0.05, 0.1) is 93.7 Å². The largest absolute Gasteiger partial charge is 0.472 e. The van der Waals surface area contributed by atoms with Crippen LogP contribution in [-0.4, -0.2) is 230 Å². The second kappa shape index (κ2) is 37.1. The summed E-state index contributed by atoms with van der Waals surface area (Å²) in [5.74, 6) is 0.759. The Morgan fingerprint density at radius 1 is 0.387 bits per heavy atom. The molecule has 0 amide bonds. The number of ether oxygens (including phenoxy) is 9. The number of hydrogen-bond acceptors (Lipinski definition) is 39. The van der Waals surface area contributed by atoms with Crippen LogP contribution in [0, 0.1) is 20.8 Å². The first-order chi connectivity index (χ1) is 56.7. The molecule has 15 rings (SSSR count). The van der Waals surface area contributed by atoms with Gasteiger partial charge in [0, 0.05) is 58.8 Å². The number of H-pyrrole nitrogens is 3. The second-order valence-electron chi connectivity index (χ2n) is 28.0. The lowest BCUT2D eigenvalue weighted by molar-refractivity contribution is -0.0637. The molecule has 54 heteroatoms. The predicted octanol–water partition coefficient (Wildman–Crippen LogP) is 1.27. The topological polar surface area (TPSA) is 662 Å². The normalized spacial score (nSPS) is 28.4. The minimum Gasteiger partial charge on any atom is -0.378 e. The van der Waals surface area contributed by atoms with Gasteiger partial charge < -0.3 is 89.5 Å². The van der Waals surface area contributed by atoms with Crippen LogP contribution in [0.4, 0.5) is 17.8 Å². The van der Waals surface area contributed by atoms with E-state index >= 15 is 0 Å². The Kier molecular flexibility index (Phi) is 27.3. The summed E-state index contributed by atoms with van der Waals surface area (Å²) in [6.07, 6.45) is -1.41. The number of methoxy groups -OCH3 is 1. The van der Waals surface area contributed by atoms with E-state index in [0.29, 0.717) is 73.3 Å². The van der Waals surface area contributed by atoms with Gasteiger partial charge in [-0.05, 0) is 53.9 Å². The molecule has 0 bridgehead atoms. The molecule has 6 fully saturated rings. The zero-order valence-electron chi connectivity index (χ0n) is 65.5. The molecule has 0 radical (unpaired) electrons. The SMILES string of the molecule is CCOC1C[C@H](n2cnc(N)nc2=O)O[C@@H]1COP(=O)(O)OC1C[C@H](n2cnc3c(=O)[nH]c(C)nc32)O[C@@H]1CC.CCOC1C[C@H](n2cnc3c(=O)[nH]c(C)nc32)O[C@@H]1COP(=O)(O)OC1C[C@H](n2cnc(N)nc2=O)O[C@@H]1CC.CC[C@H]1O[C@@H](n2cnc3c(=O)[nH]c(C)nc32)CC1OP(=O)(O)OC[C@H]1O[C@@H](n2cnc(N)nc2=O)CC1OC. The van der Waals surface area contributed by atoms with Gasteiger partial charge >= 0.3 is 40.5 Å². The maximum Gasteiger partial charge on any atom is 0.472 e. The van der Waals surface area contributed by atoms with Gasteiger partial charge in [0.2, 0.25) is 17.8 Å². The molecule has 51 nitrogen and oxygen atoms in total. The van der Waals surface area contributed by atoms with Gasteiger partial charge in [-0.3, -0.25) is 68.9 Å². The minimum absolute atomic E-state index is 0.0857. The van der Waals surface area contributed by atoms with Crippen molar-refractivity contribution < 1.29 is 98.1 Å². The Labute approximate surface area is 671 Å². The zero-order chi connectivity index (χ0) is 85.1. The molecule has 0 aromatic carbocycles. The van der Waals surface area contributed by atoms with E-state index in [4.69, 9.17) is 87.0 Å². The van der Waals surface area contributed by atoms with Crippen LogP contribution in [0.2, 0.25) is 0 Å². The van der Waals surface area contributed by atoms with Crippen molar-refractivity contribution >= 4 is 74.8 Å². The van der Waals surface area contributed by atoms with E-state index in [0.717, 1.165) is 9.13 Å². The molecule has 15 heterocycles. The standard InChI is InChI=1S/2C22H31N8O9P.C21H29N8O9P/c1-4-12-14(7-16(37-12)29-9-24-18-19(29)26-11(3)27-20(18)31)39-40(33,34)36-8-15-13(35-5-2)6-17(38-15)30-10-25-21(23)28-22(30)32;1-4-12-14(7-17(37-12)30-10-25-21(23)28-22(30)32)39-40(33,34)36-8-15-13(35-5-2)6-16(38-15)29-9-24-18-19(29)26-11(3)27-20(18)31;1-4-11-13(6-15(36-11)28-8-23-17-18(28)25-10(2)26-19(17)30)38-39(32,33)35-7-14-12(34-3)5-16(37-14)29-9-24-20(22)27-21(29)31/h2*9-10,12-17H,4-8H2,1-3H3,(H,33,34)(H2,23,28,32)(H,26,27,31);8-9,11-16H,4-7H2,1-3H3,(H,32,33)(H2,22,27,31)(H,25,26,30)/t2*12-,13?,14?,15-,16-,17-;11-,12?,13?,14-,15-,16-/m111/s1. The van der Waals surface area contributed by atoms with E-state index in [9.17, 15) is 57.1 Å². The number of aryl methyl sites for hydroxylation is 3. The highest BCUT2D eigenvalue weighted by Gasteiger charge is 2.48. The monoisotopic (exact) mass is 1730 g/mol. The lowest BCUT2D eigenvalue weighted by Gasteiger charge is -2.23. The number of rotatable bonds is 29. The number of nitrogen functional groups attached to an aromatic ring is 3. The number of phosphoric ester groups is 3. The van der Waals surface area contributed by atoms with Crippen LogP contribution < -0.4 is 50.9 Å². The highest BCUT2D eigenvalue weighted by Crippen LogP contribution is 2.53. The number of nitrogens with zero attached hydrogens (tertiary/aromatic N) is 18. The summed E-state index contributed by atoms with van der Waals surface area (Å²) < 4.78 is 132. The van der Waals surface area contributed by atoms with Crippen molar-refractivity contribution in [2.75, 3.05) is 57.3 Å². The molecule has 6 saturated heterocycles. The van der Waals surface area contributed by atoms with Crippen molar-refractivity contribution in [2.45, 2.75) is 224 Å². The molecule has 21 atom stereocenters.